The molecule has 7 nitrogen and oxygen atoms in total. The number of hydrogen-bond donors (Lipinski definition) is 1. The Balaban J connectivity index is 1.42. The fourth-order valence-corrected chi connectivity index (χ4v) is 3.85. The van der Waals surface area contributed by atoms with Gasteiger partial charge in [0.15, 0.2) is 5.82 Å². The normalized spacial score (nSPS) is 13.8. The Labute approximate surface area is 191 Å². The van der Waals surface area contributed by atoms with Crippen molar-refractivity contribution in [3.05, 3.63) is 84.1 Å². The zero-order chi connectivity index (χ0) is 21.8. The number of hydrogen-bond acceptors (Lipinski definition) is 7. The van der Waals surface area contributed by atoms with Crippen LogP contribution in [0.5, 0.6) is 0 Å². The van der Waals surface area contributed by atoms with Gasteiger partial charge in [-0.2, -0.15) is 0 Å². The minimum Gasteiger partial charge on any atom is -0.352 e. The highest BCUT2D eigenvalue weighted by Gasteiger charge is 2.23. The van der Waals surface area contributed by atoms with E-state index in [0.29, 0.717) is 5.02 Å². The second kappa shape index (κ2) is 9.20. The van der Waals surface area contributed by atoms with Gasteiger partial charge in [0, 0.05) is 54.8 Å². The summed E-state index contributed by atoms with van der Waals surface area (Å²) >= 11 is 6.06. The van der Waals surface area contributed by atoms with E-state index in [1.807, 2.05) is 60.7 Å². The van der Waals surface area contributed by atoms with Crippen LogP contribution in [0.4, 0.5) is 23.1 Å². The molecule has 4 aromatic rings. The standard InChI is InChI=1S/C24H22ClN7/c25-19-7-9-20(10-8-19)28-22-17-21(18-5-2-1-3-6-18)29-30-23(22)31-13-15-32(16-14-31)24-26-11-4-12-27-24/h1-12,17H,13-16H2,(H,28,29). The van der Waals surface area contributed by atoms with E-state index in [1.54, 1.807) is 12.4 Å². The van der Waals surface area contributed by atoms with E-state index in [4.69, 9.17) is 11.6 Å². The lowest BCUT2D eigenvalue weighted by Gasteiger charge is -2.35. The smallest absolute Gasteiger partial charge is 0.225 e. The summed E-state index contributed by atoms with van der Waals surface area (Å²) in [4.78, 5) is 13.2. The number of halogens is 1. The molecular weight excluding hydrogens is 422 g/mol. The quantitative estimate of drug-likeness (QED) is 0.481. The summed E-state index contributed by atoms with van der Waals surface area (Å²) in [7, 11) is 0. The van der Waals surface area contributed by atoms with Gasteiger partial charge in [0.1, 0.15) is 0 Å². The van der Waals surface area contributed by atoms with E-state index in [9.17, 15) is 0 Å². The van der Waals surface area contributed by atoms with E-state index >= 15 is 0 Å². The van der Waals surface area contributed by atoms with Gasteiger partial charge in [0.05, 0.1) is 11.4 Å². The number of aromatic nitrogens is 4. The van der Waals surface area contributed by atoms with Gasteiger partial charge in [-0.3, -0.25) is 0 Å². The van der Waals surface area contributed by atoms with Crippen LogP contribution < -0.4 is 15.1 Å². The highest BCUT2D eigenvalue weighted by molar-refractivity contribution is 6.30. The third kappa shape index (κ3) is 4.48. The second-order valence-electron chi connectivity index (χ2n) is 7.49. The Bertz CT molecular complexity index is 1160. The van der Waals surface area contributed by atoms with Crippen LogP contribution in [0, 0.1) is 0 Å². The Morgan fingerprint density at radius 2 is 1.44 bits per heavy atom. The fraction of sp³-hybridized carbons (Fsp3) is 0.167. The van der Waals surface area contributed by atoms with Crippen LogP contribution in [0.1, 0.15) is 0 Å². The largest absolute Gasteiger partial charge is 0.352 e. The molecule has 0 saturated carbocycles. The molecule has 0 radical (unpaired) electrons. The zero-order valence-corrected chi connectivity index (χ0v) is 18.2. The summed E-state index contributed by atoms with van der Waals surface area (Å²) in [5.41, 5.74) is 3.70. The summed E-state index contributed by atoms with van der Waals surface area (Å²) in [5.74, 6) is 1.59. The van der Waals surface area contributed by atoms with Crippen LogP contribution in [0.25, 0.3) is 11.3 Å². The second-order valence-corrected chi connectivity index (χ2v) is 7.92. The minimum atomic E-state index is 0.702. The highest BCUT2D eigenvalue weighted by Crippen LogP contribution is 2.31. The molecule has 1 fully saturated rings. The summed E-state index contributed by atoms with van der Waals surface area (Å²) in [6.45, 7) is 3.22. The lowest BCUT2D eigenvalue weighted by molar-refractivity contribution is 0.632. The molecule has 1 aliphatic rings. The lowest BCUT2D eigenvalue weighted by Crippen LogP contribution is -2.47. The van der Waals surface area contributed by atoms with Crippen LogP contribution in [0.3, 0.4) is 0 Å². The molecule has 1 saturated heterocycles. The average Bonchev–Trinajstić information content (AvgIpc) is 2.87. The van der Waals surface area contributed by atoms with E-state index in [2.05, 4.69) is 41.3 Å². The Morgan fingerprint density at radius 3 is 2.16 bits per heavy atom. The van der Waals surface area contributed by atoms with E-state index in [-0.39, 0.29) is 0 Å². The van der Waals surface area contributed by atoms with Crippen molar-refractivity contribution in [3.8, 4) is 11.3 Å². The Kier molecular flexibility index (Phi) is 5.81. The van der Waals surface area contributed by atoms with E-state index in [0.717, 1.165) is 60.6 Å². The molecule has 8 heteroatoms. The number of anilines is 4. The van der Waals surface area contributed by atoms with Crippen LogP contribution in [-0.4, -0.2) is 46.3 Å². The molecule has 3 heterocycles. The van der Waals surface area contributed by atoms with Gasteiger partial charge in [-0.15, -0.1) is 10.2 Å². The van der Waals surface area contributed by atoms with Crippen molar-refractivity contribution in [1.29, 1.82) is 0 Å². The van der Waals surface area contributed by atoms with Crippen molar-refractivity contribution in [2.45, 2.75) is 0 Å². The fourth-order valence-electron chi connectivity index (χ4n) is 3.72. The first-order valence-corrected chi connectivity index (χ1v) is 10.9. The minimum absolute atomic E-state index is 0.702. The van der Waals surface area contributed by atoms with Crippen molar-refractivity contribution in [2.24, 2.45) is 0 Å². The number of benzene rings is 2. The van der Waals surface area contributed by atoms with Crippen LogP contribution in [0.2, 0.25) is 5.02 Å². The summed E-state index contributed by atoms with van der Waals surface area (Å²) in [5, 5.41) is 13.4. The summed E-state index contributed by atoms with van der Waals surface area (Å²) in [6, 6.07) is 21.6. The van der Waals surface area contributed by atoms with Crippen LogP contribution in [-0.2, 0) is 0 Å². The highest BCUT2D eigenvalue weighted by atomic mass is 35.5. The van der Waals surface area contributed by atoms with Gasteiger partial charge in [-0.05, 0) is 36.4 Å². The van der Waals surface area contributed by atoms with Crippen molar-refractivity contribution in [1.82, 2.24) is 20.2 Å². The van der Waals surface area contributed by atoms with Gasteiger partial charge in [0.2, 0.25) is 5.95 Å². The Morgan fingerprint density at radius 1 is 0.750 bits per heavy atom. The molecule has 2 aromatic carbocycles. The molecule has 5 rings (SSSR count). The average molecular weight is 444 g/mol. The van der Waals surface area contributed by atoms with Crippen molar-refractivity contribution >= 4 is 34.7 Å². The van der Waals surface area contributed by atoms with Gasteiger partial charge in [-0.1, -0.05) is 41.9 Å². The van der Waals surface area contributed by atoms with Crippen LogP contribution in [0.15, 0.2) is 79.1 Å². The van der Waals surface area contributed by atoms with Gasteiger partial charge in [0.25, 0.3) is 0 Å². The SMILES string of the molecule is Clc1ccc(Nc2cc(-c3ccccc3)nnc2N2CCN(c3ncccn3)CC2)cc1. The third-order valence-corrected chi connectivity index (χ3v) is 5.63. The number of piperazine rings is 1. The lowest BCUT2D eigenvalue weighted by atomic mass is 10.1. The number of nitrogens with one attached hydrogen (secondary N) is 1. The zero-order valence-electron chi connectivity index (χ0n) is 17.4. The maximum absolute atomic E-state index is 6.06. The van der Waals surface area contributed by atoms with Gasteiger partial charge < -0.3 is 15.1 Å². The molecule has 2 aromatic heterocycles. The monoisotopic (exact) mass is 443 g/mol. The van der Waals surface area contributed by atoms with Crippen LogP contribution >= 0.6 is 11.6 Å². The molecule has 32 heavy (non-hydrogen) atoms. The predicted octanol–water partition coefficient (Wildman–Crippen LogP) is 4.66. The number of nitrogens with zero attached hydrogens (tertiary/aromatic N) is 6. The summed E-state index contributed by atoms with van der Waals surface area (Å²) < 4.78 is 0. The van der Waals surface area contributed by atoms with E-state index in [1.165, 1.54) is 0 Å². The third-order valence-electron chi connectivity index (χ3n) is 5.38. The number of rotatable bonds is 5. The maximum Gasteiger partial charge on any atom is 0.225 e. The first kappa shape index (κ1) is 20.2. The molecule has 0 atom stereocenters. The molecule has 0 unspecified atom stereocenters. The first-order valence-electron chi connectivity index (χ1n) is 10.5. The molecule has 0 spiro atoms. The molecule has 0 amide bonds. The van der Waals surface area contributed by atoms with Gasteiger partial charge in [-0.25, -0.2) is 9.97 Å². The molecule has 0 bridgehead atoms. The topological polar surface area (TPSA) is 70.1 Å². The molecular formula is C24H22ClN7. The molecule has 0 aliphatic carbocycles. The molecule has 160 valence electrons. The Hall–Kier alpha value is -3.71. The van der Waals surface area contributed by atoms with Crippen molar-refractivity contribution in [2.75, 3.05) is 41.3 Å². The summed E-state index contributed by atoms with van der Waals surface area (Å²) in [6.07, 6.45) is 3.55. The molecule has 1 aliphatic heterocycles. The van der Waals surface area contributed by atoms with Crippen molar-refractivity contribution < 1.29 is 0 Å². The van der Waals surface area contributed by atoms with Gasteiger partial charge >= 0.3 is 0 Å². The van der Waals surface area contributed by atoms with E-state index < -0.39 is 0 Å². The predicted molar refractivity (Wildman–Crippen MR) is 129 cm³/mol. The molecule has 1 N–H and O–H groups in total. The maximum atomic E-state index is 6.06. The van der Waals surface area contributed by atoms with Crippen molar-refractivity contribution in [3.63, 3.8) is 0 Å². The first-order chi connectivity index (χ1) is 15.8.